The molecule has 0 fully saturated rings. The summed E-state index contributed by atoms with van der Waals surface area (Å²) in [6.45, 7) is 4.41. The highest BCUT2D eigenvalue weighted by Crippen LogP contribution is 1.98. The van der Waals surface area contributed by atoms with Gasteiger partial charge in [0.25, 0.3) is 0 Å². The molecular weight excluding hydrogens is 252 g/mol. The van der Waals surface area contributed by atoms with Crippen molar-refractivity contribution in [1.82, 2.24) is 25.0 Å². The molecule has 2 aromatic rings. The van der Waals surface area contributed by atoms with Gasteiger partial charge in [0.15, 0.2) is 5.96 Å². The molecule has 0 aromatic carbocycles. The summed E-state index contributed by atoms with van der Waals surface area (Å²) in [5.41, 5.74) is 2.41. The summed E-state index contributed by atoms with van der Waals surface area (Å²) in [4.78, 5) is 4.20. The highest BCUT2D eigenvalue weighted by Gasteiger charge is 1.99. The Hall–Kier alpha value is -2.24. The number of aliphatic imine (C=N–C) groups is 1. The van der Waals surface area contributed by atoms with Crippen molar-refractivity contribution < 1.29 is 0 Å². The van der Waals surface area contributed by atoms with Crippen molar-refractivity contribution in [2.75, 3.05) is 13.6 Å². The Bertz CT molecular complexity index is 566. The van der Waals surface area contributed by atoms with Crippen LogP contribution in [0.1, 0.15) is 11.1 Å². The molecular formula is C14H22N6. The molecule has 2 N–H and O–H groups in total. The maximum atomic E-state index is 4.25. The number of hydrogen-bond donors (Lipinski definition) is 2. The number of nitrogens with zero attached hydrogens (tertiary/aromatic N) is 4. The summed E-state index contributed by atoms with van der Waals surface area (Å²) in [5.74, 6) is 0.803. The van der Waals surface area contributed by atoms with Crippen molar-refractivity contribution in [3.05, 3.63) is 42.0 Å². The SMILES string of the molecule is CN=C(NCCn1cc(C)cn1)NCc1ccn(C)c1. The number of rotatable bonds is 5. The van der Waals surface area contributed by atoms with Gasteiger partial charge in [-0.15, -0.1) is 0 Å². The summed E-state index contributed by atoms with van der Waals surface area (Å²) < 4.78 is 3.96. The standard InChI is InChI=1S/C14H22N6/c1-12-8-18-20(10-12)7-5-16-14(15-2)17-9-13-4-6-19(3)11-13/h4,6,8,10-11H,5,7,9H2,1-3H3,(H2,15,16,17). The molecule has 0 aliphatic carbocycles. The molecule has 2 heterocycles. The average molecular weight is 274 g/mol. The minimum absolute atomic E-state index is 0.765. The molecule has 0 unspecified atom stereocenters. The summed E-state index contributed by atoms with van der Waals surface area (Å²) in [6, 6.07) is 2.09. The Labute approximate surface area is 119 Å². The zero-order valence-electron chi connectivity index (χ0n) is 12.3. The van der Waals surface area contributed by atoms with Crippen LogP contribution in [0.4, 0.5) is 0 Å². The third kappa shape index (κ3) is 4.15. The second kappa shape index (κ2) is 6.79. The van der Waals surface area contributed by atoms with Crippen LogP contribution in [0.3, 0.4) is 0 Å². The minimum atomic E-state index is 0.765. The maximum absolute atomic E-state index is 4.25. The summed E-state index contributed by atoms with van der Waals surface area (Å²) in [5, 5.41) is 10.8. The number of nitrogens with one attached hydrogen (secondary N) is 2. The molecule has 0 atom stereocenters. The van der Waals surface area contributed by atoms with Crippen LogP contribution >= 0.6 is 0 Å². The van der Waals surface area contributed by atoms with E-state index in [4.69, 9.17) is 0 Å². The molecule has 6 heteroatoms. The predicted molar refractivity (Wildman–Crippen MR) is 80.6 cm³/mol. The molecule has 2 aromatic heterocycles. The first-order valence-electron chi connectivity index (χ1n) is 6.72. The van der Waals surface area contributed by atoms with Gasteiger partial charge in [-0.3, -0.25) is 9.67 Å². The lowest BCUT2D eigenvalue weighted by atomic mass is 10.3. The molecule has 108 valence electrons. The van der Waals surface area contributed by atoms with Crippen LogP contribution in [-0.2, 0) is 20.1 Å². The van der Waals surface area contributed by atoms with Gasteiger partial charge < -0.3 is 15.2 Å². The molecule has 0 amide bonds. The van der Waals surface area contributed by atoms with Gasteiger partial charge in [0, 0.05) is 45.8 Å². The van der Waals surface area contributed by atoms with Gasteiger partial charge in [-0.25, -0.2) is 0 Å². The first kappa shape index (κ1) is 14.2. The fourth-order valence-corrected chi connectivity index (χ4v) is 1.95. The molecule has 0 saturated carbocycles. The van der Waals surface area contributed by atoms with Crippen molar-refractivity contribution in [2.24, 2.45) is 12.0 Å². The molecule has 0 aliphatic rings. The number of guanidine groups is 1. The van der Waals surface area contributed by atoms with Crippen LogP contribution in [0, 0.1) is 6.92 Å². The largest absolute Gasteiger partial charge is 0.357 e. The summed E-state index contributed by atoms with van der Waals surface area (Å²) in [6.07, 6.45) is 8.02. The lowest BCUT2D eigenvalue weighted by Crippen LogP contribution is -2.38. The number of hydrogen-bond acceptors (Lipinski definition) is 2. The fourth-order valence-electron chi connectivity index (χ4n) is 1.95. The Morgan fingerprint density at radius 3 is 2.80 bits per heavy atom. The van der Waals surface area contributed by atoms with Gasteiger partial charge in [-0.2, -0.15) is 5.10 Å². The quantitative estimate of drug-likeness (QED) is 0.629. The molecule has 0 spiro atoms. The van der Waals surface area contributed by atoms with E-state index in [0.717, 1.165) is 25.6 Å². The lowest BCUT2D eigenvalue weighted by Gasteiger charge is -2.11. The Balaban J connectivity index is 1.72. The Kier molecular flexibility index (Phi) is 4.81. The second-order valence-corrected chi connectivity index (χ2v) is 4.82. The van der Waals surface area contributed by atoms with Crippen LogP contribution in [0.5, 0.6) is 0 Å². The van der Waals surface area contributed by atoms with Crippen LogP contribution in [0.15, 0.2) is 35.8 Å². The Morgan fingerprint density at radius 1 is 1.35 bits per heavy atom. The molecule has 0 saturated heterocycles. The van der Waals surface area contributed by atoms with Crippen LogP contribution < -0.4 is 10.6 Å². The smallest absolute Gasteiger partial charge is 0.191 e. The second-order valence-electron chi connectivity index (χ2n) is 4.82. The van der Waals surface area contributed by atoms with Gasteiger partial charge in [-0.05, 0) is 24.1 Å². The topological polar surface area (TPSA) is 59.2 Å². The van der Waals surface area contributed by atoms with E-state index in [1.165, 1.54) is 11.1 Å². The minimum Gasteiger partial charge on any atom is -0.357 e. The van der Waals surface area contributed by atoms with E-state index in [9.17, 15) is 0 Å². The van der Waals surface area contributed by atoms with E-state index in [-0.39, 0.29) is 0 Å². The summed E-state index contributed by atoms with van der Waals surface area (Å²) in [7, 11) is 3.79. The third-order valence-corrected chi connectivity index (χ3v) is 2.97. The molecule has 2 rings (SSSR count). The van der Waals surface area contributed by atoms with E-state index in [1.54, 1.807) is 7.05 Å². The van der Waals surface area contributed by atoms with Gasteiger partial charge >= 0.3 is 0 Å². The zero-order valence-corrected chi connectivity index (χ0v) is 12.3. The molecule has 0 bridgehead atoms. The lowest BCUT2D eigenvalue weighted by molar-refractivity contribution is 0.597. The van der Waals surface area contributed by atoms with Gasteiger partial charge in [0.1, 0.15) is 0 Å². The molecule has 20 heavy (non-hydrogen) atoms. The van der Waals surface area contributed by atoms with E-state index >= 15 is 0 Å². The molecule has 0 aliphatic heterocycles. The highest BCUT2D eigenvalue weighted by atomic mass is 15.3. The molecule has 6 nitrogen and oxygen atoms in total. The van der Waals surface area contributed by atoms with Crippen LogP contribution in [-0.4, -0.2) is 33.9 Å². The Morgan fingerprint density at radius 2 is 2.20 bits per heavy atom. The monoisotopic (exact) mass is 274 g/mol. The third-order valence-electron chi connectivity index (χ3n) is 2.97. The van der Waals surface area contributed by atoms with Crippen molar-refractivity contribution in [2.45, 2.75) is 20.0 Å². The highest BCUT2D eigenvalue weighted by molar-refractivity contribution is 5.79. The van der Waals surface area contributed by atoms with Crippen molar-refractivity contribution >= 4 is 5.96 Å². The first-order chi connectivity index (χ1) is 9.67. The van der Waals surface area contributed by atoms with Gasteiger partial charge in [-0.1, -0.05) is 0 Å². The van der Waals surface area contributed by atoms with E-state index in [1.807, 2.05) is 41.8 Å². The predicted octanol–water partition coefficient (Wildman–Crippen LogP) is 0.895. The fraction of sp³-hybridized carbons (Fsp3) is 0.429. The van der Waals surface area contributed by atoms with Crippen molar-refractivity contribution in [3.8, 4) is 0 Å². The number of aromatic nitrogens is 3. The van der Waals surface area contributed by atoms with Gasteiger partial charge in [0.2, 0.25) is 0 Å². The molecule has 0 radical (unpaired) electrons. The van der Waals surface area contributed by atoms with E-state index in [2.05, 4.69) is 33.0 Å². The van der Waals surface area contributed by atoms with Crippen LogP contribution in [0.2, 0.25) is 0 Å². The summed E-state index contributed by atoms with van der Waals surface area (Å²) >= 11 is 0. The van der Waals surface area contributed by atoms with E-state index in [0.29, 0.717) is 0 Å². The normalized spacial score (nSPS) is 11.7. The number of aryl methyl sites for hydroxylation is 2. The van der Waals surface area contributed by atoms with Crippen molar-refractivity contribution in [3.63, 3.8) is 0 Å². The van der Waals surface area contributed by atoms with E-state index < -0.39 is 0 Å². The van der Waals surface area contributed by atoms with Gasteiger partial charge in [0.05, 0.1) is 12.7 Å². The van der Waals surface area contributed by atoms with Crippen LogP contribution in [0.25, 0.3) is 0 Å². The first-order valence-corrected chi connectivity index (χ1v) is 6.72. The average Bonchev–Trinajstić information content (AvgIpc) is 3.02. The maximum Gasteiger partial charge on any atom is 0.191 e. The zero-order chi connectivity index (χ0) is 14.4. The van der Waals surface area contributed by atoms with Crippen molar-refractivity contribution in [1.29, 1.82) is 0 Å².